The van der Waals surface area contributed by atoms with Crippen LogP contribution in [0.4, 0.5) is 5.00 Å². The molecule has 0 spiro atoms. The zero-order valence-corrected chi connectivity index (χ0v) is 10.7. The van der Waals surface area contributed by atoms with Crippen molar-refractivity contribution in [3.05, 3.63) is 41.2 Å². The van der Waals surface area contributed by atoms with Gasteiger partial charge in [0.2, 0.25) is 0 Å². The lowest BCUT2D eigenvalue weighted by Crippen LogP contribution is -2.32. The summed E-state index contributed by atoms with van der Waals surface area (Å²) < 4.78 is 5.09. The fourth-order valence-electron chi connectivity index (χ4n) is 1.31. The van der Waals surface area contributed by atoms with Crippen molar-refractivity contribution in [3.63, 3.8) is 0 Å². The number of rotatable bonds is 5. The number of nitrogens with zero attached hydrogens (tertiary/aromatic N) is 2. The zero-order chi connectivity index (χ0) is 13.7. The molecule has 0 aliphatic rings. The van der Waals surface area contributed by atoms with Gasteiger partial charge in [0.15, 0.2) is 0 Å². The highest BCUT2D eigenvalue weighted by atomic mass is 32.1. The molecule has 0 aromatic carbocycles. The summed E-state index contributed by atoms with van der Waals surface area (Å²) in [4.78, 5) is 19.5. The SMILES string of the molecule is CO/N=C(/C(=O)[O-])c1csc(N=Cc2ccco2)c1. The molecule has 0 bridgehead atoms. The van der Waals surface area contributed by atoms with Gasteiger partial charge in [0, 0.05) is 10.9 Å². The van der Waals surface area contributed by atoms with E-state index in [1.54, 1.807) is 36.1 Å². The Morgan fingerprint density at radius 2 is 2.42 bits per heavy atom. The van der Waals surface area contributed by atoms with Crippen LogP contribution in [0.2, 0.25) is 0 Å². The maximum absolute atomic E-state index is 10.9. The molecule has 6 nitrogen and oxygen atoms in total. The van der Waals surface area contributed by atoms with E-state index in [9.17, 15) is 9.90 Å². The van der Waals surface area contributed by atoms with Gasteiger partial charge < -0.3 is 19.2 Å². The van der Waals surface area contributed by atoms with Crippen LogP contribution in [0, 0.1) is 0 Å². The van der Waals surface area contributed by atoms with Gasteiger partial charge in [0.1, 0.15) is 23.6 Å². The van der Waals surface area contributed by atoms with Gasteiger partial charge in [-0.15, -0.1) is 11.3 Å². The lowest BCUT2D eigenvalue weighted by atomic mass is 10.2. The molecule has 0 aliphatic carbocycles. The van der Waals surface area contributed by atoms with Gasteiger partial charge in [-0.25, -0.2) is 4.99 Å². The molecule has 0 aliphatic heterocycles. The lowest BCUT2D eigenvalue weighted by molar-refractivity contribution is -0.294. The summed E-state index contributed by atoms with van der Waals surface area (Å²) in [5, 5.41) is 16.5. The van der Waals surface area contributed by atoms with Crippen LogP contribution in [0.15, 0.2) is 44.4 Å². The maximum Gasteiger partial charge on any atom is 0.144 e. The van der Waals surface area contributed by atoms with E-state index in [1.165, 1.54) is 18.4 Å². The van der Waals surface area contributed by atoms with Crippen molar-refractivity contribution >= 4 is 34.2 Å². The molecule has 2 rings (SSSR count). The summed E-state index contributed by atoms with van der Waals surface area (Å²) in [5.74, 6) is -0.790. The number of carboxylic acids is 1. The number of aliphatic carboxylic acids is 1. The quantitative estimate of drug-likeness (QED) is 0.606. The molecule has 2 aromatic rings. The van der Waals surface area contributed by atoms with Crippen LogP contribution >= 0.6 is 11.3 Å². The average Bonchev–Trinajstić information content (AvgIpc) is 3.04. The van der Waals surface area contributed by atoms with Gasteiger partial charge in [-0.05, 0) is 18.2 Å². The molecule has 7 heteroatoms. The summed E-state index contributed by atoms with van der Waals surface area (Å²) in [6, 6.07) is 5.09. The zero-order valence-electron chi connectivity index (χ0n) is 9.90. The van der Waals surface area contributed by atoms with Crippen molar-refractivity contribution < 1.29 is 19.2 Å². The number of hydrogen-bond donors (Lipinski definition) is 0. The molecule has 0 amide bonds. The smallest absolute Gasteiger partial charge is 0.144 e. The largest absolute Gasteiger partial charge is 0.543 e. The molecule has 0 N–H and O–H groups in total. The van der Waals surface area contributed by atoms with Crippen molar-refractivity contribution in [1.29, 1.82) is 0 Å². The lowest BCUT2D eigenvalue weighted by Gasteiger charge is -2.02. The van der Waals surface area contributed by atoms with Gasteiger partial charge >= 0.3 is 0 Å². The highest BCUT2D eigenvalue weighted by Gasteiger charge is 2.08. The third-order valence-electron chi connectivity index (χ3n) is 2.10. The first kappa shape index (κ1) is 13.0. The first-order valence-electron chi connectivity index (χ1n) is 5.19. The van der Waals surface area contributed by atoms with Crippen LogP contribution < -0.4 is 5.11 Å². The first-order valence-corrected chi connectivity index (χ1v) is 6.07. The van der Waals surface area contributed by atoms with E-state index in [2.05, 4.69) is 15.0 Å². The Morgan fingerprint density at radius 3 is 3.05 bits per heavy atom. The summed E-state index contributed by atoms with van der Waals surface area (Å²) in [7, 11) is 1.27. The molecule has 2 aromatic heterocycles. The molecule has 19 heavy (non-hydrogen) atoms. The predicted molar refractivity (Wildman–Crippen MR) is 68.8 cm³/mol. The second-order valence-electron chi connectivity index (χ2n) is 3.36. The van der Waals surface area contributed by atoms with Crippen molar-refractivity contribution in [2.45, 2.75) is 0 Å². The van der Waals surface area contributed by atoms with Crippen LogP contribution in [0.3, 0.4) is 0 Å². The van der Waals surface area contributed by atoms with E-state index in [-0.39, 0.29) is 5.71 Å². The molecule has 2 heterocycles. The van der Waals surface area contributed by atoms with Crippen molar-refractivity contribution in [2.24, 2.45) is 10.1 Å². The van der Waals surface area contributed by atoms with E-state index in [4.69, 9.17) is 4.42 Å². The van der Waals surface area contributed by atoms with Gasteiger partial charge in [-0.3, -0.25) is 0 Å². The van der Waals surface area contributed by atoms with Crippen LogP contribution in [-0.2, 0) is 9.63 Å². The van der Waals surface area contributed by atoms with Gasteiger partial charge in [0.05, 0.1) is 18.4 Å². The summed E-state index contributed by atoms with van der Waals surface area (Å²) in [5.41, 5.74) is 0.122. The molecular weight excluding hydrogens is 268 g/mol. The Morgan fingerprint density at radius 1 is 1.58 bits per heavy atom. The van der Waals surface area contributed by atoms with Gasteiger partial charge in [-0.1, -0.05) is 5.16 Å². The van der Waals surface area contributed by atoms with Crippen LogP contribution in [0.25, 0.3) is 0 Å². The highest BCUT2D eigenvalue weighted by molar-refractivity contribution is 7.14. The predicted octanol–water partition coefficient (Wildman–Crippen LogP) is 1.19. The van der Waals surface area contributed by atoms with Gasteiger partial charge in [-0.2, -0.15) is 0 Å². The van der Waals surface area contributed by atoms with Crippen LogP contribution in [0.5, 0.6) is 0 Å². The number of carbonyl (C=O) groups is 1. The van der Waals surface area contributed by atoms with Crippen molar-refractivity contribution in [1.82, 2.24) is 0 Å². The normalized spacial score (nSPS) is 11.9. The second-order valence-corrected chi connectivity index (χ2v) is 4.25. The number of carbonyl (C=O) groups excluding carboxylic acids is 1. The van der Waals surface area contributed by atoms with Crippen LogP contribution in [-0.4, -0.2) is 25.0 Å². The Labute approximate surface area is 112 Å². The summed E-state index contributed by atoms with van der Waals surface area (Å²) >= 11 is 1.28. The third kappa shape index (κ3) is 3.29. The Balaban J connectivity index is 2.19. The Bertz CT molecular complexity index is 613. The Kier molecular flexibility index (Phi) is 4.09. The van der Waals surface area contributed by atoms with E-state index in [0.29, 0.717) is 16.3 Å². The third-order valence-corrected chi connectivity index (χ3v) is 2.93. The first-order chi connectivity index (χ1) is 9.20. The minimum absolute atomic E-state index is 0.266. The molecule has 0 atom stereocenters. The fraction of sp³-hybridized carbons (Fsp3) is 0.0833. The minimum atomic E-state index is -1.40. The molecule has 0 fully saturated rings. The van der Waals surface area contributed by atoms with E-state index in [1.807, 2.05) is 0 Å². The number of thiophene rings is 1. The van der Waals surface area contributed by atoms with E-state index < -0.39 is 5.97 Å². The van der Waals surface area contributed by atoms with Crippen molar-refractivity contribution in [2.75, 3.05) is 7.11 Å². The van der Waals surface area contributed by atoms with Gasteiger partial charge in [0.25, 0.3) is 0 Å². The maximum atomic E-state index is 10.9. The van der Waals surface area contributed by atoms with E-state index in [0.717, 1.165) is 0 Å². The van der Waals surface area contributed by atoms with Crippen molar-refractivity contribution in [3.8, 4) is 0 Å². The molecule has 0 radical (unpaired) electrons. The number of carboxylic acid groups (broad SMARTS) is 1. The number of oxime groups is 1. The average molecular weight is 277 g/mol. The second kappa shape index (κ2) is 5.96. The molecule has 98 valence electrons. The molecule has 0 saturated carbocycles. The fourth-order valence-corrected chi connectivity index (χ4v) is 2.04. The number of hydrogen-bond acceptors (Lipinski definition) is 7. The standard InChI is InChI=1S/C12H10N2O4S/c1-17-14-11(12(15)16)8-5-10(19-7-8)13-6-9-3-2-4-18-9/h2-7H,1H3,(H,15,16)/p-1/b13-6?,14-11+. The van der Waals surface area contributed by atoms with Crippen LogP contribution in [0.1, 0.15) is 11.3 Å². The Hall–Kier alpha value is -2.41. The molecule has 0 saturated heterocycles. The summed E-state index contributed by atoms with van der Waals surface area (Å²) in [6.45, 7) is 0. The van der Waals surface area contributed by atoms with E-state index >= 15 is 0 Å². The number of furan rings is 1. The minimum Gasteiger partial charge on any atom is -0.543 e. The molecule has 0 unspecified atom stereocenters. The number of aliphatic imine (C=N–C) groups is 1. The topological polar surface area (TPSA) is 87.2 Å². The monoisotopic (exact) mass is 277 g/mol. The highest BCUT2D eigenvalue weighted by Crippen LogP contribution is 2.24. The molecular formula is C12H9N2O4S-. The summed E-state index contributed by atoms with van der Waals surface area (Å²) in [6.07, 6.45) is 3.09.